The Kier molecular flexibility index (Phi) is 3.90. The zero-order chi connectivity index (χ0) is 14.0. The maximum absolute atomic E-state index is 13.7. The van der Waals surface area contributed by atoms with Crippen molar-refractivity contribution in [2.75, 3.05) is 0 Å². The molecule has 0 aliphatic heterocycles. The lowest BCUT2D eigenvalue weighted by Crippen LogP contribution is -2.06. The first-order valence-electron chi connectivity index (χ1n) is 5.86. The third-order valence-electron chi connectivity index (χ3n) is 3.01. The molecule has 0 radical (unpaired) electrons. The van der Waals surface area contributed by atoms with Gasteiger partial charge < -0.3 is 5.11 Å². The Morgan fingerprint density at radius 1 is 0.947 bits per heavy atom. The molecule has 0 amide bonds. The molecule has 0 heterocycles. The summed E-state index contributed by atoms with van der Waals surface area (Å²) in [4.78, 5) is 0. The normalized spacial score (nSPS) is 12.5. The SMILES string of the molecule is Cc1ccc(C(O)Cc2ccc(F)cc2)c(F)c1F. The molecular weight excluding hydrogens is 253 g/mol. The molecule has 0 fully saturated rings. The summed E-state index contributed by atoms with van der Waals surface area (Å²) in [6.45, 7) is 1.45. The molecule has 0 aliphatic carbocycles. The highest BCUT2D eigenvalue weighted by molar-refractivity contribution is 5.28. The third-order valence-corrected chi connectivity index (χ3v) is 3.01. The minimum Gasteiger partial charge on any atom is -0.388 e. The molecule has 1 unspecified atom stereocenters. The highest BCUT2D eigenvalue weighted by Crippen LogP contribution is 2.24. The van der Waals surface area contributed by atoms with Gasteiger partial charge in [0.05, 0.1) is 6.10 Å². The molecule has 0 saturated heterocycles. The quantitative estimate of drug-likeness (QED) is 0.898. The van der Waals surface area contributed by atoms with E-state index in [4.69, 9.17) is 0 Å². The van der Waals surface area contributed by atoms with Gasteiger partial charge in [0.25, 0.3) is 0 Å². The zero-order valence-electron chi connectivity index (χ0n) is 10.3. The van der Waals surface area contributed by atoms with Crippen LogP contribution in [0.1, 0.15) is 22.8 Å². The van der Waals surface area contributed by atoms with Gasteiger partial charge in [-0.05, 0) is 30.2 Å². The lowest BCUT2D eigenvalue weighted by atomic mass is 9.99. The predicted octanol–water partition coefficient (Wildman–Crippen LogP) is 3.69. The van der Waals surface area contributed by atoms with E-state index >= 15 is 0 Å². The summed E-state index contributed by atoms with van der Waals surface area (Å²) in [5.41, 5.74) is 0.747. The number of benzene rings is 2. The largest absolute Gasteiger partial charge is 0.388 e. The number of hydrogen-bond donors (Lipinski definition) is 1. The van der Waals surface area contributed by atoms with Gasteiger partial charge in [0.1, 0.15) is 5.82 Å². The van der Waals surface area contributed by atoms with Gasteiger partial charge in [-0.3, -0.25) is 0 Å². The fourth-order valence-corrected chi connectivity index (χ4v) is 1.87. The van der Waals surface area contributed by atoms with Crippen LogP contribution in [0, 0.1) is 24.4 Å². The van der Waals surface area contributed by atoms with E-state index in [0.29, 0.717) is 5.56 Å². The van der Waals surface area contributed by atoms with Crippen LogP contribution in [0.25, 0.3) is 0 Å². The number of rotatable bonds is 3. The van der Waals surface area contributed by atoms with Crippen LogP contribution in [0.5, 0.6) is 0 Å². The molecule has 0 saturated carbocycles. The van der Waals surface area contributed by atoms with E-state index in [-0.39, 0.29) is 23.4 Å². The van der Waals surface area contributed by atoms with E-state index in [1.165, 1.54) is 43.3 Å². The lowest BCUT2D eigenvalue weighted by molar-refractivity contribution is 0.172. The Balaban J connectivity index is 2.23. The van der Waals surface area contributed by atoms with Gasteiger partial charge in [0.15, 0.2) is 11.6 Å². The van der Waals surface area contributed by atoms with Gasteiger partial charge in [-0.1, -0.05) is 24.3 Å². The molecule has 0 aliphatic rings. The van der Waals surface area contributed by atoms with Gasteiger partial charge in [-0.25, -0.2) is 13.2 Å². The highest BCUT2D eigenvalue weighted by Gasteiger charge is 2.17. The van der Waals surface area contributed by atoms with Crippen molar-refractivity contribution in [2.45, 2.75) is 19.4 Å². The number of halogens is 3. The number of hydrogen-bond acceptors (Lipinski definition) is 1. The third kappa shape index (κ3) is 2.96. The van der Waals surface area contributed by atoms with Crippen molar-refractivity contribution in [1.29, 1.82) is 0 Å². The summed E-state index contributed by atoms with van der Waals surface area (Å²) < 4.78 is 39.8. The van der Waals surface area contributed by atoms with E-state index in [9.17, 15) is 18.3 Å². The average molecular weight is 266 g/mol. The molecule has 1 nitrogen and oxygen atoms in total. The van der Waals surface area contributed by atoms with E-state index < -0.39 is 17.7 Å². The van der Waals surface area contributed by atoms with E-state index in [1.54, 1.807) is 0 Å². The second-order valence-corrected chi connectivity index (χ2v) is 4.45. The van der Waals surface area contributed by atoms with E-state index in [1.807, 2.05) is 0 Å². The highest BCUT2D eigenvalue weighted by atomic mass is 19.2. The monoisotopic (exact) mass is 266 g/mol. The molecule has 2 rings (SSSR count). The Bertz CT molecular complexity index is 579. The molecular formula is C15H13F3O. The van der Waals surface area contributed by atoms with Crippen LogP contribution in [0.15, 0.2) is 36.4 Å². The first-order valence-corrected chi connectivity index (χ1v) is 5.86. The van der Waals surface area contributed by atoms with Crippen molar-refractivity contribution in [1.82, 2.24) is 0 Å². The summed E-state index contributed by atoms with van der Waals surface area (Å²) in [6, 6.07) is 8.30. The minimum absolute atomic E-state index is 0.0903. The summed E-state index contributed by atoms with van der Waals surface area (Å²) in [5, 5.41) is 9.94. The van der Waals surface area contributed by atoms with Crippen LogP contribution >= 0.6 is 0 Å². The predicted molar refractivity (Wildman–Crippen MR) is 66.2 cm³/mol. The van der Waals surface area contributed by atoms with Crippen molar-refractivity contribution in [3.05, 3.63) is 70.5 Å². The summed E-state index contributed by atoms with van der Waals surface area (Å²) in [6.07, 6.45) is -1.07. The van der Waals surface area contributed by atoms with Gasteiger partial charge in [-0.15, -0.1) is 0 Å². The van der Waals surface area contributed by atoms with Gasteiger partial charge in [0, 0.05) is 12.0 Å². The van der Waals surface area contributed by atoms with Crippen LogP contribution in [0.2, 0.25) is 0 Å². The number of aryl methyl sites for hydroxylation is 1. The Hall–Kier alpha value is -1.81. The van der Waals surface area contributed by atoms with Crippen LogP contribution in [0.3, 0.4) is 0 Å². The van der Waals surface area contributed by atoms with Crippen molar-refractivity contribution in [3.8, 4) is 0 Å². The molecule has 2 aromatic rings. The van der Waals surface area contributed by atoms with Crippen LogP contribution < -0.4 is 0 Å². The molecule has 19 heavy (non-hydrogen) atoms. The Morgan fingerprint density at radius 3 is 2.21 bits per heavy atom. The van der Waals surface area contributed by atoms with Crippen LogP contribution in [-0.2, 0) is 6.42 Å². The molecule has 4 heteroatoms. The summed E-state index contributed by atoms with van der Waals surface area (Å²) in [5.74, 6) is -2.36. The molecule has 100 valence electrons. The molecule has 2 aromatic carbocycles. The van der Waals surface area contributed by atoms with E-state index in [0.717, 1.165) is 0 Å². The minimum atomic E-state index is -1.17. The first-order chi connectivity index (χ1) is 8.99. The number of aliphatic hydroxyl groups is 1. The molecule has 0 aromatic heterocycles. The fraction of sp³-hybridized carbons (Fsp3) is 0.200. The molecule has 0 spiro atoms. The maximum atomic E-state index is 13.7. The standard InChI is InChI=1S/C15H13F3O/c1-9-2-7-12(15(18)14(9)17)13(19)8-10-3-5-11(16)6-4-10/h2-7,13,19H,8H2,1H3. The second-order valence-electron chi connectivity index (χ2n) is 4.45. The topological polar surface area (TPSA) is 20.2 Å². The fourth-order valence-electron chi connectivity index (χ4n) is 1.87. The zero-order valence-corrected chi connectivity index (χ0v) is 10.3. The van der Waals surface area contributed by atoms with Gasteiger partial charge in [0.2, 0.25) is 0 Å². The van der Waals surface area contributed by atoms with Crippen molar-refractivity contribution >= 4 is 0 Å². The molecule has 1 N–H and O–H groups in total. The average Bonchev–Trinajstić information content (AvgIpc) is 2.39. The maximum Gasteiger partial charge on any atom is 0.164 e. The molecule has 1 atom stereocenters. The van der Waals surface area contributed by atoms with Gasteiger partial charge in [-0.2, -0.15) is 0 Å². The van der Waals surface area contributed by atoms with Crippen molar-refractivity contribution in [3.63, 3.8) is 0 Å². The van der Waals surface area contributed by atoms with Crippen LogP contribution in [-0.4, -0.2) is 5.11 Å². The van der Waals surface area contributed by atoms with Crippen molar-refractivity contribution < 1.29 is 18.3 Å². The summed E-state index contributed by atoms with van der Waals surface area (Å²) >= 11 is 0. The molecule has 0 bridgehead atoms. The number of aliphatic hydroxyl groups excluding tert-OH is 1. The second kappa shape index (κ2) is 5.45. The van der Waals surface area contributed by atoms with Crippen molar-refractivity contribution in [2.24, 2.45) is 0 Å². The first kappa shape index (κ1) is 13.6. The summed E-state index contributed by atoms with van der Waals surface area (Å²) in [7, 11) is 0. The Labute approximate surface area is 109 Å². The smallest absolute Gasteiger partial charge is 0.164 e. The van der Waals surface area contributed by atoms with Gasteiger partial charge >= 0.3 is 0 Å². The Morgan fingerprint density at radius 2 is 1.58 bits per heavy atom. The van der Waals surface area contributed by atoms with E-state index in [2.05, 4.69) is 0 Å². The van der Waals surface area contributed by atoms with Crippen LogP contribution in [0.4, 0.5) is 13.2 Å². The lowest BCUT2D eigenvalue weighted by Gasteiger charge is -2.13.